The van der Waals surface area contributed by atoms with Gasteiger partial charge < -0.3 is 29.0 Å². The van der Waals surface area contributed by atoms with E-state index in [2.05, 4.69) is 0 Å². The van der Waals surface area contributed by atoms with Gasteiger partial charge in [-0.25, -0.2) is 0 Å². The molecule has 0 fully saturated rings. The Bertz CT molecular complexity index is 1190. The molecule has 2 atom stereocenters. The second-order valence-electron chi connectivity index (χ2n) is 15.3. The van der Waals surface area contributed by atoms with Crippen molar-refractivity contribution in [2.45, 2.75) is 117 Å². The van der Waals surface area contributed by atoms with E-state index < -0.39 is 36.9 Å². The number of phenolic OH excluding ortho intramolecular Hbond substituents is 2. The van der Waals surface area contributed by atoms with Gasteiger partial charge in [-0.2, -0.15) is 0 Å². The van der Waals surface area contributed by atoms with Crippen molar-refractivity contribution in [3.63, 3.8) is 0 Å². The smallest absolute Gasteiger partial charge is 0.332 e. The third kappa shape index (κ3) is 9.94. The van der Waals surface area contributed by atoms with Crippen LogP contribution in [0.4, 0.5) is 0 Å². The highest BCUT2D eigenvalue weighted by Gasteiger charge is 2.31. The lowest BCUT2D eigenvalue weighted by molar-refractivity contribution is 0.180. The fraction of sp³-hybridized carbons (Fsp3) is 0.625. The van der Waals surface area contributed by atoms with Gasteiger partial charge in [-0.05, 0) is 55.0 Å². The number of hydrogen-bond donors (Lipinski definition) is 4. The number of benzene rings is 2. The van der Waals surface area contributed by atoms with Crippen molar-refractivity contribution >= 4 is 15.2 Å². The van der Waals surface area contributed by atoms with Crippen LogP contribution in [0.1, 0.15) is 116 Å². The number of rotatable bonds is 9. The molecular formula is C32H52O8P2. The molecule has 2 aromatic carbocycles. The van der Waals surface area contributed by atoms with Crippen LogP contribution < -0.4 is 0 Å². The van der Waals surface area contributed by atoms with Crippen LogP contribution in [0.3, 0.4) is 0 Å². The van der Waals surface area contributed by atoms with E-state index in [9.17, 15) is 29.1 Å². The molecule has 0 saturated carbocycles. The quantitative estimate of drug-likeness (QED) is 0.161. The van der Waals surface area contributed by atoms with Crippen molar-refractivity contribution in [2.75, 3.05) is 13.2 Å². The summed E-state index contributed by atoms with van der Waals surface area (Å²) < 4.78 is 36.4. The fourth-order valence-electron chi connectivity index (χ4n) is 4.77. The van der Waals surface area contributed by atoms with Crippen LogP contribution in [0.15, 0.2) is 24.3 Å². The van der Waals surface area contributed by atoms with Crippen LogP contribution in [-0.2, 0) is 52.2 Å². The van der Waals surface area contributed by atoms with E-state index in [-0.39, 0.29) is 37.0 Å². The largest absolute Gasteiger partial charge is 0.507 e. The molecule has 0 heterocycles. The van der Waals surface area contributed by atoms with Gasteiger partial charge in [-0.15, -0.1) is 0 Å². The monoisotopic (exact) mass is 626 g/mol. The van der Waals surface area contributed by atoms with Crippen LogP contribution >= 0.6 is 15.2 Å². The second kappa shape index (κ2) is 12.4. The van der Waals surface area contributed by atoms with Crippen molar-refractivity contribution in [3.8, 4) is 11.5 Å². The van der Waals surface area contributed by atoms with E-state index in [0.717, 1.165) is 0 Å². The molecule has 2 unspecified atom stereocenters. The Morgan fingerprint density at radius 1 is 0.524 bits per heavy atom. The zero-order chi connectivity index (χ0) is 32.7. The van der Waals surface area contributed by atoms with Gasteiger partial charge in [0.15, 0.2) is 0 Å². The van der Waals surface area contributed by atoms with Gasteiger partial charge in [-0.1, -0.05) is 107 Å². The Hall–Kier alpha value is -1.66. The molecule has 2 aromatic rings. The van der Waals surface area contributed by atoms with Gasteiger partial charge in [-0.3, -0.25) is 9.13 Å². The normalized spacial score (nSPS) is 16.2. The molecule has 10 heteroatoms. The minimum absolute atomic E-state index is 0.178. The van der Waals surface area contributed by atoms with E-state index in [1.807, 2.05) is 83.1 Å². The van der Waals surface area contributed by atoms with Gasteiger partial charge in [0, 0.05) is 0 Å². The summed E-state index contributed by atoms with van der Waals surface area (Å²) in [5, 5.41) is 21.8. The summed E-state index contributed by atoms with van der Waals surface area (Å²) in [6, 6.07) is 6.91. The fourth-order valence-corrected chi connectivity index (χ4v) is 6.96. The molecule has 0 bridgehead atoms. The standard InChI is InChI=1S/C32H52O8P2/c1-29(2,3)23-15-21(16-24(27(23)33)30(4,5)6)19-41(35,36)39-13-14-40-42(37,38)20-22-17-25(31(7,8)9)28(34)26(18-22)32(10,11)12/h15-18,33-34H,13-14,19-20H2,1-12H3,(H,35,36)(H,37,38). The lowest BCUT2D eigenvalue weighted by Crippen LogP contribution is -2.18. The van der Waals surface area contributed by atoms with Crippen molar-refractivity contribution in [1.29, 1.82) is 0 Å². The Morgan fingerprint density at radius 2 is 0.738 bits per heavy atom. The Kier molecular flexibility index (Phi) is 10.8. The molecular weight excluding hydrogens is 574 g/mol. The van der Waals surface area contributed by atoms with Gasteiger partial charge in [0.25, 0.3) is 0 Å². The van der Waals surface area contributed by atoms with E-state index in [1.54, 1.807) is 24.3 Å². The second-order valence-corrected chi connectivity index (χ2v) is 19.0. The third-order valence-corrected chi connectivity index (χ3v) is 9.71. The zero-order valence-corrected chi connectivity index (χ0v) is 29.2. The molecule has 0 aromatic heterocycles. The van der Waals surface area contributed by atoms with Gasteiger partial charge >= 0.3 is 15.2 Å². The highest BCUT2D eigenvalue weighted by atomic mass is 31.2. The van der Waals surface area contributed by atoms with Gasteiger partial charge in [0.2, 0.25) is 0 Å². The van der Waals surface area contributed by atoms with E-state index in [0.29, 0.717) is 33.4 Å². The van der Waals surface area contributed by atoms with Crippen LogP contribution in [0.5, 0.6) is 11.5 Å². The van der Waals surface area contributed by atoms with Crippen molar-refractivity contribution in [3.05, 3.63) is 57.6 Å². The molecule has 0 aliphatic heterocycles. The minimum atomic E-state index is -4.14. The zero-order valence-electron chi connectivity index (χ0n) is 27.5. The molecule has 4 N–H and O–H groups in total. The van der Waals surface area contributed by atoms with E-state index >= 15 is 0 Å². The summed E-state index contributed by atoms with van der Waals surface area (Å²) in [6.45, 7) is 22.8. The Balaban J connectivity index is 2.15. The lowest BCUT2D eigenvalue weighted by atomic mass is 9.78. The number of phenols is 2. The molecule has 42 heavy (non-hydrogen) atoms. The maximum Gasteiger partial charge on any atom is 0.332 e. The van der Waals surface area contributed by atoms with Gasteiger partial charge in [0.05, 0.1) is 25.5 Å². The van der Waals surface area contributed by atoms with Crippen LogP contribution in [0.25, 0.3) is 0 Å². The first-order valence-electron chi connectivity index (χ1n) is 14.3. The molecule has 0 saturated heterocycles. The Morgan fingerprint density at radius 3 is 0.929 bits per heavy atom. The van der Waals surface area contributed by atoms with Crippen molar-refractivity contribution < 1.29 is 38.2 Å². The molecule has 0 amide bonds. The number of hydrogen-bond acceptors (Lipinski definition) is 6. The first-order valence-corrected chi connectivity index (χ1v) is 17.8. The predicted molar refractivity (Wildman–Crippen MR) is 170 cm³/mol. The van der Waals surface area contributed by atoms with Crippen LogP contribution in [0, 0.1) is 0 Å². The van der Waals surface area contributed by atoms with E-state index in [4.69, 9.17) is 9.05 Å². The summed E-state index contributed by atoms with van der Waals surface area (Å²) in [5.41, 5.74) is 2.23. The Labute approximate surface area is 252 Å². The SMILES string of the molecule is CC(C)(C)c1cc(CP(=O)(O)OCCOP(=O)(O)Cc2cc(C(C)(C)C)c(O)c(C(C)(C)C)c2)cc(C(C)(C)C)c1O. The highest BCUT2D eigenvalue weighted by Crippen LogP contribution is 2.50. The molecule has 2 rings (SSSR count). The lowest BCUT2D eigenvalue weighted by Gasteiger charge is -2.28. The topological polar surface area (TPSA) is 134 Å². The minimum Gasteiger partial charge on any atom is -0.507 e. The maximum absolute atomic E-state index is 13.0. The molecule has 0 aliphatic rings. The molecule has 8 nitrogen and oxygen atoms in total. The molecule has 0 spiro atoms. The third-order valence-electron chi connectivity index (χ3n) is 7.01. The summed E-state index contributed by atoms with van der Waals surface area (Å²) in [4.78, 5) is 21.2. The summed E-state index contributed by atoms with van der Waals surface area (Å²) >= 11 is 0. The first kappa shape index (κ1) is 36.5. The summed E-state index contributed by atoms with van der Waals surface area (Å²) in [6.07, 6.45) is -0.566. The highest BCUT2D eigenvalue weighted by molar-refractivity contribution is 7.52. The van der Waals surface area contributed by atoms with Crippen LogP contribution in [0.2, 0.25) is 0 Å². The number of aromatic hydroxyl groups is 2. The first-order chi connectivity index (χ1) is 18.6. The average molecular weight is 627 g/mol. The summed E-state index contributed by atoms with van der Waals surface area (Å²) in [5.74, 6) is 0.356. The molecule has 0 radical (unpaired) electrons. The molecule has 238 valence electrons. The van der Waals surface area contributed by atoms with Gasteiger partial charge in [0.1, 0.15) is 11.5 Å². The van der Waals surface area contributed by atoms with Crippen molar-refractivity contribution in [1.82, 2.24) is 0 Å². The predicted octanol–water partition coefficient (Wildman–Crippen LogP) is 8.39. The maximum atomic E-state index is 13.0. The average Bonchev–Trinajstić information content (AvgIpc) is 2.75. The summed E-state index contributed by atoms with van der Waals surface area (Å²) in [7, 11) is -8.28. The van der Waals surface area contributed by atoms with E-state index in [1.165, 1.54) is 0 Å². The van der Waals surface area contributed by atoms with Crippen molar-refractivity contribution in [2.24, 2.45) is 0 Å². The van der Waals surface area contributed by atoms with Crippen LogP contribution in [-0.4, -0.2) is 33.2 Å². The molecule has 0 aliphatic carbocycles.